The second-order valence-corrected chi connectivity index (χ2v) is 7.11. The van der Waals surface area contributed by atoms with Gasteiger partial charge in [0.2, 0.25) is 0 Å². The van der Waals surface area contributed by atoms with Crippen molar-refractivity contribution in [1.82, 2.24) is 9.55 Å². The second kappa shape index (κ2) is 6.23. The van der Waals surface area contributed by atoms with E-state index in [9.17, 15) is 4.79 Å². The molecule has 2 heterocycles. The van der Waals surface area contributed by atoms with Gasteiger partial charge in [0.1, 0.15) is 4.83 Å². The highest BCUT2D eigenvalue weighted by molar-refractivity contribution is 7.22. The van der Waals surface area contributed by atoms with Gasteiger partial charge < -0.3 is 0 Å². The fourth-order valence-corrected chi connectivity index (χ4v) is 3.95. The average Bonchev–Trinajstić information content (AvgIpc) is 3.00. The highest BCUT2D eigenvalue weighted by atomic mass is 35.5. The van der Waals surface area contributed by atoms with Crippen LogP contribution in [0.1, 0.15) is 5.56 Å². The SMILES string of the molecule is O=c1nc(-c2ccccc2)c2cc(Cl)sc2n1Cc1ccccc1. The molecule has 0 aliphatic heterocycles. The van der Waals surface area contributed by atoms with Crippen LogP contribution in [0.25, 0.3) is 21.5 Å². The first kappa shape index (κ1) is 15.1. The van der Waals surface area contributed by atoms with Crippen molar-refractivity contribution in [2.45, 2.75) is 6.54 Å². The molecule has 0 spiro atoms. The molecule has 0 saturated carbocycles. The Morgan fingerprint density at radius 1 is 1.00 bits per heavy atom. The molecule has 0 aliphatic rings. The van der Waals surface area contributed by atoms with E-state index in [1.807, 2.05) is 66.7 Å². The summed E-state index contributed by atoms with van der Waals surface area (Å²) in [4.78, 5) is 17.8. The Balaban J connectivity index is 1.94. The maximum Gasteiger partial charge on any atom is 0.349 e. The van der Waals surface area contributed by atoms with Crippen molar-refractivity contribution in [2.24, 2.45) is 0 Å². The molecule has 5 heteroatoms. The van der Waals surface area contributed by atoms with Crippen molar-refractivity contribution >= 4 is 33.2 Å². The third-order valence-electron chi connectivity index (χ3n) is 3.85. The van der Waals surface area contributed by atoms with Crippen molar-refractivity contribution in [1.29, 1.82) is 0 Å². The van der Waals surface area contributed by atoms with Gasteiger partial charge in [-0.25, -0.2) is 4.79 Å². The van der Waals surface area contributed by atoms with Crippen LogP contribution in [0, 0.1) is 0 Å². The molecule has 24 heavy (non-hydrogen) atoms. The van der Waals surface area contributed by atoms with E-state index in [4.69, 9.17) is 11.6 Å². The zero-order valence-corrected chi connectivity index (χ0v) is 14.2. The minimum absolute atomic E-state index is 0.260. The van der Waals surface area contributed by atoms with Crippen LogP contribution in [-0.2, 0) is 6.54 Å². The number of hydrogen-bond donors (Lipinski definition) is 0. The molecule has 0 atom stereocenters. The lowest BCUT2D eigenvalue weighted by Crippen LogP contribution is -2.23. The van der Waals surface area contributed by atoms with E-state index in [0.717, 1.165) is 21.3 Å². The first-order chi connectivity index (χ1) is 11.7. The summed E-state index contributed by atoms with van der Waals surface area (Å²) in [5, 5.41) is 0.909. The summed E-state index contributed by atoms with van der Waals surface area (Å²) in [5.74, 6) is 0. The Morgan fingerprint density at radius 3 is 2.38 bits per heavy atom. The number of benzene rings is 2. The topological polar surface area (TPSA) is 34.9 Å². The van der Waals surface area contributed by atoms with Crippen molar-refractivity contribution in [2.75, 3.05) is 0 Å². The van der Waals surface area contributed by atoms with E-state index in [2.05, 4.69) is 4.98 Å². The molecule has 0 N–H and O–H groups in total. The molecule has 2 aromatic heterocycles. The van der Waals surface area contributed by atoms with Crippen molar-refractivity contribution in [3.63, 3.8) is 0 Å². The molecule has 4 rings (SSSR count). The summed E-state index contributed by atoms with van der Waals surface area (Å²) < 4.78 is 2.34. The van der Waals surface area contributed by atoms with Gasteiger partial charge in [-0.1, -0.05) is 72.3 Å². The minimum atomic E-state index is -0.260. The van der Waals surface area contributed by atoms with E-state index in [-0.39, 0.29) is 5.69 Å². The van der Waals surface area contributed by atoms with Crippen molar-refractivity contribution < 1.29 is 0 Å². The predicted molar refractivity (Wildman–Crippen MR) is 99.9 cm³/mol. The van der Waals surface area contributed by atoms with Crippen LogP contribution in [0.2, 0.25) is 4.34 Å². The van der Waals surface area contributed by atoms with E-state index >= 15 is 0 Å². The normalized spacial score (nSPS) is 11.0. The molecule has 0 saturated heterocycles. The van der Waals surface area contributed by atoms with Crippen molar-refractivity contribution in [3.05, 3.63) is 87.1 Å². The van der Waals surface area contributed by atoms with Crippen LogP contribution >= 0.6 is 22.9 Å². The Labute approximate surface area is 147 Å². The molecule has 0 amide bonds. The fourth-order valence-electron chi connectivity index (χ4n) is 2.75. The van der Waals surface area contributed by atoms with Gasteiger partial charge in [-0.3, -0.25) is 4.57 Å². The fraction of sp³-hybridized carbons (Fsp3) is 0.0526. The molecule has 4 aromatic rings. The first-order valence-electron chi connectivity index (χ1n) is 7.51. The smallest absolute Gasteiger partial charge is 0.278 e. The molecule has 0 bridgehead atoms. The predicted octanol–water partition coefficient (Wildman–Crippen LogP) is 4.83. The number of nitrogens with zero attached hydrogens (tertiary/aromatic N) is 2. The van der Waals surface area contributed by atoms with Gasteiger partial charge in [0.25, 0.3) is 0 Å². The Kier molecular flexibility index (Phi) is 3.92. The lowest BCUT2D eigenvalue weighted by molar-refractivity contribution is 0.769. The Bertz CT molecular complexity index is 1060. The summed E-state index contributed by atoms with van der Waals surface area (Å²) in [6.07, 6.45) is 0. The van der Waals surface area contributed by atoms with E-state index in [1.165, 1.54) is 11.3 Å². The van der Waals surface area contributed by atoms with Gasteiger partial charge in [-0.15, -0.1) is 11.3 Å². The quantitative estimate of drug-likeness (QED) is 0.529. The molecule has 118 valence electrons. The number of thiophene rings is 1. The van der Waals surface area contributed by atoms with E-state index < -0.39 is 0 Å². The molecular formula is C19H13ClN2OS. The van der Waals surface area contributed by atoms with Gasteiger partial charge in [0.15, 0.2) is 0 Å². The summed E-state index contributed by atoms with van der Waals surface area (Å²) in [6.45, 7) is 0.481. The van der Waals surface area contributed by atoms with Crippen LogP contribution < -0.4 is 5.69 Å². The summed E-state index contributed by atoms with van der Waals surface area (Å²) >= 11 is 7.65. The maximum atomic E-state index is 12.7. The Morgan fingerprint density at radius 2 is 1.67 bits per heavy atom. The average molecular weight is 353 g/mol. The van der Waals surface area contributed by atoms with Crippen molar-refractivity contribution in [3.8, 4) is 11.3 Å². The third kappa shape index (κ3) is 2.75. The molecule has 0 aliphatic carbocycles. The van der Waals surface area contributed by atoms with Gasteiger partial charge in [0, 0.05) is 10.9 Å². The zero-order valence-electron chi connectivity index (χ0n) is 12.6. The molecule has 0 radical (unpaired) electrons. The number of aromatic nitrogens is 2. The van der Waals surface area contributed by atoms with Gasteiger partial charge >= 0.3 is 5.69 Å². The summed E-state index contributed by atoms with van der Waals surface area (Å²) in [7, 11) is 0. The van der Waals surface area contributed by atoms with Gasteiger partial charge in [0.05, 0.1) is 16.6 Å². The van der Waals surface area contributed by atoms with Crippen LogP contribution in [-0.4, -0.2) is 9.55 Å². The minimum Gasteiger partial charge on any atom is -0.278 e. The lowest BCUT2D eigenvalue weighted by Gasteiger charge is -2.09. The molecule has 3 nitrogen and oxygen atoms in total. The standard InChI is InChI=1S/C19H13ClN2OS/c20-16-11-15-17(14-9-5-2-6-10-14)21-19(23)22(18(15)24-16)12-13-7-3-1-4-8-13/h1-11H,12H2. The lowest BCUT2D eigenvalue weighted by atomic mass is 10.1. The Hall–Kier alpha value is -2.43. The number of halogens is 1. The van der Waals surface area contributed by atoms with Crippen LogP contribution in [0.5, 0.6) is 0 Å². The van der Waals surface area contributed by atoms with Crippen LogP contribution in [0.3, 0.4) is 0 Å². The van der Waals surface area contributed by atoms with E-state index in [0.29, 0.717) is 16.6 Å². The molecule has 0 unspecified atom stereocenters. The molecular weight excluding hydrogens is 340 g/mol. The monoisotopic (exact) mass is 352 g/mol. The van der Waals surface area contributed by atoms with Gasteiger partial charge in [-0.05, 0) is 11.6 Å². The number of fused-ring (bicyclic) bond motifs is 1. The van der Waals surface area contributed by atoms with E-state index in [1.54, 1.807) is 4.57 Å². The zero-order chi connectivity index (χ0) is 16.5. The molecule has 2 aromatic carbocycles. The molecule has 0 fully saturated rings. The van der Waals surface area contributed by atoms with Gasteiger partial charge in [-0.2, -0.15) is 4.98 Å². The van der Waals surface area contributed by atoms with Crippen LogP contribution in [0.15, 0.2) is 71.5 Å². The summed E-state index contributed by atoms with van der Waals surface area (Å²) in [6, 6.07) is 21.5. The van der Waals surface area contributed by atoms with Crippen LogP contribution in [0.4, 0.5) is 0 Å². The number of hydrogen-bond acceptors (Lipinski definition) is 3. The number of rotatable bonds is 3. The highest BCUT2D eigenvalue weighted by Crippen LogP contribution is 2.34. The second-order valence-electron chi connectivity index (χ2n) is 5.45. The summed E-state index contributed by atoms with van der Waals surface area (Å²) in [5.41, 5.74) is 2.40. The first-order valence-corrected chi connectivity index (χ1v) is 8.71. The maximum absolute atomic E-state index is 12.7. The highest BCUT2D eigenvalue weighted by Gasteiger charge is 2.15. The largest absolute Gasteiger partial charge is 0.349 e. The third-order valence-corrected chi connectivity index (χ3v) is 5.14.